The molecule has 0 saturated heterocycles. The summed E-state index contributed by atoms with van der Waals surface area (Å²) in [6, 6.07) is 6.06. The van der Waals surface area contributed by atoms with Crippen LogP contribution >= 0.6 is 0 Å². The highest BCUT2D eigenvalue weighted by atomic mass is 15.2. The van der Waals surface area contributed by atoms with Gasteiger partial charge in [-0.1, -0.05) is 6.07 Å². The largest absolute Gasteiger partial charge is 0.397 e. The molecular weight excluding hydrogens is 224 g/mol. The average molecular weight is 242 g/mol. The van der Waals surface area contributed by atoms with Crippen LogP contribution in [0, 0.1) is 6.92 Å². The van der Waals surface area contributed by atoms with E-state index in [2.05, 4.69) is 20.9 Å². The van der Waals surface area contributed by atoms with Gasteiger partial charge in [-0.3, -0.25) is 4.98 Å². The lowest BCUT2D eigenvalue weighted by atomic mass is 10.2. The predicted octanol–water partition coefficient (Wildman–Crippen LogP) is 2.05. The second-order valence-corrected chi connectivity index (χ2v) is 4.43. The number of rotatable bonds is 4. The molecule has 2 aromatic heterocycles. The van der Waals surface area contributed by atoms with Crippen LogP contribution < -0.4 is 10.6 Å². The minimum absolute atomic E-state index is 0.736. The number of nitrogen functional groups attached to an aromatic ring is 1. The molecule has 0 radical (unpaired) electrons. The molecule has 0 atom stereocenters. The van der Waals surface area contributed by atoms with E-state index in [1.165, 1.54) is 5.56 Å². The Bertz CT molecular complexity index is 510. The van der Waals surface area contributed by atoms with Gasteiger partial charge in [0, 0.05) is 26.0 Å². The molecule has 0 aliphatic heterocycles. The summed E-state index contributed by atoms with van der Waals surface area (Å²) in [5.41, 5.74) is 8.80. The Morgan fingerprint density at radius 3 is 2.83 bits per heavy atom. The van der Waals surface area contributed by atoms with Crippen LogP contribution in [0.1, 0.15) is 11.1 Å². The van der Waals surface area contributed by atoms with Gasteiger partial charge in [-0.15, -0.1) is 0 Å². The lowest BCUT2D eigenvalue weighted by molar-refractivity contribution is 0.855. The first-order valence-electron chi connectivity index (χ1n) is 5.99. The van der Waals surface area contributed by atoms with Crippen LogP contribution in [0.4, 0.5) is 11.5 Å². The lowest BCUT2D eigenvalue weighted by Crippen LogP contribution is -2.21. The van der Waals surface area contributed by atoms with E-state index in [0.717, 1.165) is 30.0 Å². The maximum Gasteiger partial charge on any atom is 0.128 e. The van der Waals surface area contributed by atoms with E-state index in [4.69, 9.17) is 5.73 Å². The van der Waals surface area contributed by atoms with Gasteiger partial charge < -0.3 is 10.6 Å². The molecule has 2 heterocycles. The number of likely N-dealkylation sites (N-methyl/N-ethyl adjacent to an activating group) is 1. The minimum Gasteiger partial charge on any atom is -0.397 e. The second kappa shape index (κ2) is 5.49. The van der Waals surface area contributed by atoms with Gasteiger partial charge in [-0.05, 0) is 36.6 Å². The summed E-state index contributed by atoms with van der Waals surface area (Å²) in [7, 11) is 2.04. The molecule has 2 rings (SSSR count). The van der Waals surface area contributed by atoms with Crippen LogP contribution in [0.25, 0.3) is 0 Å². The van der Waals surface area contributed by atoms with Crippen molar-refractivity contribution in [3.8, 4) is 0 Å². The predicted molar refractivity (Wildman–Crippen MR) is 74.6 cm³/mol. The highest BCUT2D eigenvalue weighted by Gasteiger charge is 2.04. The van der Waals surface area contributed by atoms with Gasteiger partial charge in [0.2, 0.25) is 0 Å². The van der Waals surface area contributed by atoms with Crippen LogP contribution in [0.3, 0.4) is 0 Å². The van der Waals surface area contributed by atoms with Crippen molar-refractivity contribution in [2.45, 2.75) is 13.3 Å². The van der Waals surface area contributed by atoms with E-state index in [0.29, 0.717) is 0 Å². The first kappa shape index (κ1) is 12.4. The Hall–Kier alpha value is -2.10. The topological polar surface area (TPSA) is 55.0 Å². The second-order valence-electron chi connectivity index (χ2n) is 4.43. The number of anilines is 2. The lowest BCUT2D eigenvalue weighted by Gasteiger charge is -2.18. The fourth-order valence-electron chi connectivity index (χ4n) is 1.72. The van der Waals surface area contributed by atoms with Gasteiger partial charge in [0.05, 0.1) is 11.9 Å². The van der Waals surface area contributed by atoms with Crippen molar-refractivity contribution >= 4 is 11.5 Å². The fourth-order valence-corrected chi connectivity index (χ4v) is 1.72. The van der Waals surface area contributed by atoms with Gasteiger partial charge >= 0.3 is 0 Å². The van der Waals surface area contributed by atoms with Gasteiger partial charge in [0.15, 0.2) is 0 Å². The van der Waals surface area contributed by atoms with Crippen LogP contribution in [0.2, 0.25) is 0 Å². The van der Waals surface area contributed by atoms with Crippen molar-refractivity contribution in [3.63, 3.8) is 0 Å². The summed E-state index contributed by atoms with van der Waals surface area (Å²) < 4.78 is 0. The normalized spacial score (nSPS) is 10.3. The SMILES string of the molecule is Cc1cc(N(C)CCc2cccnc2)ncc1N. The molecular formula is C14H18N4. The Labute approximate surface area is 107 Å². The molecule has 0 fully saturated rings. The summed E-state index contributed by atoms with van der Waals surface area (Å²) >= 11 is 0. The third-order valence-electron chi connectivity index (χ3n) is 2.99. The Kier molecular flexibility index (Phi) is 3.77. The fraction of sp³-hybridized carbons (Fsp3) is 0.286. The van der Waals surface area contributed by atoms with E-state index in [-0.39, 0.29) is 0 Å². The summed E-state index contributed by atoms with van der Waals surface area (Å²) in [6.45, 7) is 2.90. The number of aryl methyl sites for hydroxylation is 1. The van der Waals surface area contributed by atoms with Gasteiger partial charge in [-0.2, -0.15) is 0 Å². The summed E-state index contributed by atoms with van der Waals surface area (Å²) in [5.74, 6) is 0.950. The maximum absolute atomic E-state index is 5.76. The monoisotopic (exact) mass is 242 g/mol. The summed E-state index contributed by atoms with van der Waals surface area (Å²) in [4.78, 5) is 10.6. The first-order valence-corrected chi connectivity index (χ1v) is 5.99. The molecule has 0 unspecified atom stereocenters. The van der Waals surface area contributed by atoms with Crippen molar-refractivity contribution in [1.82, 2.24) is 9.97 Å². The van der Waals surface area contributed by atoms with Crippen LogP contribution in [-0.2, 0) is 6.42 Å². The number of hydrogen-bond acceptors (Lipinski definition) is 4. The molecule has 18 heavy (non-hydrogen) atoms. The van der Waals surface area contributed by atoms with E-state index >= 15 is 0 Å². The number of nitrogens with zero attached hydrogens (tertiary/aromatic N) is 3. The van der Waals surface area contributed by atoms with Crippen molar-refractivity contribution in [3.05, 3.63) is 47.9 Å². The molecule has 0 aliphatic rings. The molecule has 94 valence electrons. The molecule has 0 saturated carbocycles. The Balaban J connectivity index is 1.99. The molecule has 2 N–H and O–H groups in total. The number of hydrogen-bond donors (Lipinski definition) is 1. The minimum atomic E-state index is 0.736. The van der Waals surface area contributed by atoms with Crippen molar-refractivity contribution in [2.24, 2.45) is 0 Å². The quantitative estimate of drug-likeness (QED) is 0.891. The molecule has 0 aliphatic carbocycles. The van der Waals surface area contributed by atoms with Crippen molar-refractivity contribution in [1.29, 1.82) is 0 Å². The summed E-state index contributed by atoms with van der Waals surface area (Å²) in [5, 5.41) is 0. The molecule has 4 heteroatoms. The number of pyridine rings is 2. The van der Waals surface area contributed by atoms with Crippen LogP contribution in [0.5, 0.6) is 0 Å². The van der Waals surface area contributed by atoms with E-state index < -0.39 is 0 Å². The van der Waals surface area contributed by atoms with E-state index in [1.54, 1.807) is 12.4 Å². The van der Waals surface area contributed by atoms with E-state index in [9.17, 15) is 0 Å². The van der Waals surface area contributed by atoms with Crippen LogP contribution in [-0.4, -0.2) is 23.6 Å². The van der Waals surface area contributed by atoms with Crippen molar-refractivity contribution in [2.75, 3.05) is 24.2 Å². The first-order chi connectivity index (χ1) is 8.66. The standard InChI is InChI=1S/C14H18N4/c1-11-8-14(17-10-13(11)15)18(2)7-5-12-4-3-6-16-9-12/h3-4,6,8-10H,5,7,15H2,1-2H3. The Morgan fingerprint density at radius 1 is 1.33 bits per heavy atom. The number of nitrogens with two attached hydrogens (primary N) is 1. The van der Waals surface area contributed by atoms with Gasteiger partial charge in [0.1, 0.15) is 5.82 Å². The zero-order valence-corrected chi connectivity index (χ0v) is 10.8. The van der Waals surface area contributed by atoms with E-state index in [1.807, 2.05) is 32.3 Å². The average Bonchev–Trinajstić information content (AvgIpc) is 2.40. The van der Waals surface area contributed by atoms with Gasteiger partial charge in [0.25, 0.3) is 0 Å². The third kappa shape index (κ3) is 2.97. The molecule has 4 nitrogen and oxygen atoms in total. The molecule has 0 spiro atoms. The zero-order chi connectivity index (χ0) is 13.0. The molecule has 2 aromatic rings. The molecule has 0 amide bonds. The third-order valence-corrected chi connectivity index (χ3v) is 2.99. The molecule has 0 bridgehead atoms. The van der Waals surface area contributed by atoms with Gasteiger partial charge in [-0.25, -0.2) is 4.98 Å². The van der Waals surface area contributed by atoms with Crippen molar-refractivity contribution < 1.29 is 0 Å². The Morgan fingerprint density at radius 2 is 2.17 bits per heavy atom. The van der Waals surface area contributed by atoms with Crippen LogP contribution in [0.15, 0.2) is 36.8 Å². The molecule has 0 aromatic carbocycles. The highest BCUT2D eigenvalue weighted by Crippen LogP contribution is 2.16. The zero-order valence-electron chi connectivity index (χ0n) is 10.8. The smallest absolute Gasteiger partial charge is 0.128 e. The highest BCUT2D eigenvalue weighted by molar-refractivity contribution is 5.51. The number of aromatic nitrogens is 2. The maximum atomic E-state index is 5.76. The summed E-state index contributed by atoms with van der Waals surface area (Å²) in [6.07, 6.45) is 6.36.